The largest absolute Gasteiger partial charge is 0.279 e. The van der Waals surface area contributed by atoms with E-state index in [0.29, 0.717) is 10.8 Å². The van der Waals surface area contributed by atoms with E-state index >= 15 is 0 Å². The molecule has 0 amide bonds. The molecule has 0 aliphatic heterocycles. The van der Waals surface area contributed by atoms with E-state index < -0.39 is 42.8 Å². The highest BCUT2D eigenvalue weighted by Gasteiger charge is 2.21. The van der Waals surface area contributed by atoms with Crippen molar-refractivity contribution in [1.82, 2.24) is 0 Å². The number of hydrogen-bond donors (Lipinski definition) is 2. The summed E-state index contributed by atoms with van der Waals surface area (Å²) in [5.74, 6) is -1.72. The molecule has 0 aromatic heterocycles. The Kier molecular flexibility index (Phi) is 6.33. The van der Waals surface area contributed by atoms with Gasteiger partial charge in [0, 0.05) is 10.8 Å². The first-order valence-electron chi connectivity index (χ1n) is 10.0. The van der Waals surface area contributed by atoms with Gasteiger partial charge in [0.25, 0.3) is 20.0 Å². The lowest BCUT2D eigenvalue weighted by Crippen LogP contribution is -2.15. The van der Waals surface area contributed by atoms with Crippen molar-refractivity contribution in [2.24, 2.45) is 0 Å². The smallest absolute Gasteiger partial charge is 0.261 e. The van der Waals surface area contributed by atoms with Crippen molar-refractivity contribution in [3.63, 3.8) is 0 Å². The predicted molar refractivity (Wildman–Crippen MR) is 128 cm³/mol. The molecular weight excluding hydrogens is 510 g/mol. The summed E-state index contributed by atoms with van der Waals surface area (Å²) in [6.45, 7) is 0. The SMILES string of the molecule is N#Cc1cc(S(=O)(=O)Nc2ccc(NS(=O)(=O)c3ccc(F)c(C#N)c3)c3ccccc23)ccc1F. The highest BCUT2D eigenvalue weighted by Crippen LogP contribution is 2.33. The molecule has 0 radical (unpaired) electrons. The van der Waals surface area contributed by atoms with Crippen LogP contribution in [-0.2, 0) is 20.0 Å². The molecule has 12 heteroatoms. The van der Waals surface area contributed by atoms with Crippen LogP contribution in [-0.4, -0.2) is 16.8 Å². The molecule has 0 unspecified atom stereocenters. The van der Waals surface area contributed by atoms with E-state index in [-0.39, 0.29) is 21.2 Å². The Bertz CT molecular complexity index is 1690. The van der Waals surface area contributed by atoms with Gasteiger partial charge in [-0.15, -0.1) is 0 Å². The summed E-state index contributed by atoms with van der Waals surface area (Å²) in [6.07, 6.45) is 0. The molecular formula is C24H14F2N4O4S2. The summed E-state index contributed by atoms with van der Waals surface area (Å²) in [4.78, 5) is -0.669. The van der Waals surface area contributed by atoms with Gasteiger partial charge in [-0.05, 0) is 48.5 Å². The van der Waals surface area contributed by atoms with Gasteiger partial charge in [-0.25, -0.2) is 25.6 Å². The molecule has 4 aromatic carbocycles. The van der Waals surface area contributed by atoms with Crippen molar-refractivity contribution in [2.45, 2.75) is 9.79 Å². The number of nitrogens with zero attached hydrogens (tertiary/aromatic N) is 2. The number of sulfonamides is 2. The third kappa shape index (κ3) is 4.68. The van der Waals surface area contributed by atoms with Gasteiger partial charge in [-0.1, -0.05) is 24.3 Å². The van der Waals surface area contributed by atoms with Crippen molar-refractivity contribution >= 4 is 42.2 Å². The van der Waals surface area contributed by atoms with E-state index in [1.54, 1.807) is 36.4 Å². The van der Waals surface area contributed by atoms with Gasteiger partial charge < -0.3 is 0 Å². The number of anilines is 2. The third-order valence-electron chi connectivity index (χ3n) is 5.15. The maximum atomic E-state index is 13.6. The molecule has 0 fully saturated rings. The average Bonchev–Trinajstić information content (AvgIpc) is 2.85. The third-order valence-corrected chi connectivity index (χ3v) is 7.88. The molecule has 0 heterocycles. The van der Waals surface area contributed by atoms with Crippen LogP contribution >= 0.6 is 0 Å². The van der Waals surface area contributed by atoms with Crippen LogP contribution in [0.15, 0.2) is 82.6 Å². The molecule has 0 spiro atoms. The lowest BCUT2D eigenvalue weighted by molar-refractivity contribution is 0.597. The topological polar surface area (TPSA) is 140 Å². The summed E-state index contributed by atoms with van der Waals surface area (Å²) in [7, 11) is -8.46. The Morgan fingerprint density at radius 1 is 0.611 bits per heavy atom. The van der Waals surface area contributed by atoms with Gasteiger partial charge in [-0.3, -0.25) is 9.44 Å². The number of hydrogen-bond acceptors (Lipinski definition) is 6. The van der Waals surface area contributed by atoms with Gasteiger partial charge in [0.2, 0.25) is 0 Å². The molecule has 0 bridgehead atoms. The fourth-order valence-electron chi connectivity index (χ4n) is 3.40. The van der Waals surface area contributed by atoms with Gasteiger partial charge in [0.1, 0.15) is 23.8 Å². The number of fused-ring (bicyclic) bond motifs is 1. The first-order chi connectivity index (χ1) is 17.1. The first kappa shape index (κ1) is 24.6. The number of nitrogens with one attached hydrogen (secondary N) is 2. The summed E-state index contributed by atoms with van der Waals surface area (Å²) in [6, 6.07) is 17.8. The first-order valence-corrected chi connectivity index (χ1v) is 13.0. The maximum Gasteiger partial charge on any atom is 0.261 e. The molecule has 2 N–H and O–H groups in total. The fraction of sp³-hybridized carbons (Fsp3) is 0. The van der Waals surface area contributed by atoms with Crippen LogP contribution in [0.1, 0.15) is 11.1 Å². The van der Waals surface area contributed by atoms with Crippen LogP contribution in [0, 0.1) is 34.3 Å². The number of benzene rings is 4. The molecule has 36 heavy (non-hydrogen) atoms. The lowest BCUT2D eigenvalue weighted by atomic mass is 10.1. The van der Waals surface area contributed by atoms with E-state index in [1.807, 2.05) is 0 Å². The van der Waals surface area contributed by atoms with Crippen LogP contribution in [0.5, 0.6) is 0 Å². The zero-order valence-corrected chi connectivity index (χ0v) is 19.7. The van der Waals surface area contributed by atoms with Crippen LogP contribution in [0.3, 0.4) is 0 Å². The van der Waals surface area contributed by atoms with Gasteiger partial charge in [0.05, 0.1) is 32.3 Å². The van der Waals surface area contributed by atoms with Crippen LogP contribution in [0.4, 0.5) is 20.2 Å². The van der Waals surface area contributed by atoms with Gasteiger partial charge in [-0.2, -0.15) is 10.5 Å². The number of rotatable bonds is 6. The minimum atomic E-state index is -4.23. The number of nitriles is 2. The molecule has 0 aliphatic carbocycles. The van der Waals surface area contributed by atoms with Crippen molar-refractivity contribution in [3.05, 3.63) is 95.6 Å². The lowest BCUT2D eigenvalue weighted by Gasteiger charge is -2.15. The van der Waals surface area contributed by atoms with Gasteiger partial charge in [0.15, 0.2) is 0 Å². The van der Waals surface area contributed by atoms with E-state index in [4.69, 9.17) is 10.5 Å². The second kappa shape index (κ2) is 9.26. The van der Waals surface area contributed by atoms with Crippen molar-refractivity contribution in [2.75, 3.05) is 9.44 Å². The normalized spacial score (nSPS) is 11.4. The van der Waals surface area contributed by atoms with E-state index in [0.717, 1.165) is 36.4 Å². The van der Waals surface area contributed by atoms with Crippen LogP contribution < -0.4 is 9.44 Å². The van der Waals surface area contributed by atoms with E-state index in [9.17, 15) is 25.6 Å². The minimum absolute atomic E-state index is 0.102. The van der Waals surface area contributed by atoms with Gasteiger partial charge >= 0.3 is 0 Å². The minimum Gasteiger partial charge on any atom is -0.279 e. The maximum absolute atomic E-state index is 13.6. The highest BCUT2D eigenvalue weighted by molar-refractivity contribution is 7.93. The predicted octanol–water partition coefficient (Wildman–Crippen LogP) is 4.46. The summed E-state index contributed by atoms with van der Waals surface area (Å²) >= 11 is 0. The monoisotopic (exact) mass is 524 g/mol. The van der Waals surface area contributed by atoms with Crippen LogP contribution in [0.2, 0.25) is 0 Å². The van der Waals surface area contributed by atoms with Crippen molar-refractivity contribution in [1.29, 1.82) is 10.5 Å². The molecule has 8 nitrogen and oxygen atoms in total. The second-order valence-corrected chi connectivity index (χ2v) is 10.8. The van der Waals surface area contributed by atoms with Crippen molar-refractivity contribution in [3.8, 4) is 12.1 Å². The Morgan fingerprint density at radius 3 is 1.36 bits per heavy atom. The Balaban J connectivity index is 1.73. The zero-order chi connectivity index (χ0) is 26.1. The molecule has 180 valence electrons. The molecule has 0 atom stereocenters. The summed E-state index contributed by atoms with van der Waals surface area (Å²) in [5.41, 5.74) is -0.671. The molecule has 4 rings (SSSR count). The van der Waals surface area contributed by atoms with E-state index in [1.165, 1.54) is 12.1 Å². The van der Waals surface area contributed by atoms with Crippen molar-refractivity contribution < 1.29 is 25.6 Å². The summed E-state index contributed by atoms with van der Waals surface area (Å²) < 4.78 is 83.6. The standard InChI is InChI=1S/C24H14F2N4O4S2/c25-21-7-5-17(11-15(21)13-27)35(31,32)29-23-9-10-24(20-4-2-1-3-19(20)23)30-36(33,34)18-6-8-22(26)16(12-18)14-28/h1-12,29-30H. The molecule has 0 saturated heterocycles. The number of halogens is 2. The van der Waals surface area contributed by atoms with E-state index in [2.05, 4.69) is 9.44 Å². The second-order valence-electron chi connectivity index (χ2n) is 7.42. The quantitative estimate of drug-likeness (QED) is 0.382. The average molecular weight is 525 g/mol. The van der Waals surface area contributed by atoms with Crippen LogP contribution in [0.25, 0.3) is 10.8 Å². The highest BCUT2D eigenvalue weighted by atomic mass is 32.2. The Hall–Kier alpha value is -4.52. The summed E-state index contributed by atoms with van der Waals surface area (Å²) in [5, 5.41) is 18.7. The molecule has 0 aliphatic rings. The Morgan fingerprint density at radius 2 is 1.00 bits per heavy atom. The molecule has 4 aromatic rings. The molecule has 0 saturated carbocycles. The Labute approximate surface area is 205 Å². The fourth-order valence-corrected chi connectivity index (χ4v) is 5.61. The zero-order valence-electron chi connectivity index (χ0n) is 18.0.